The van der Waals surface area contributed by atoms with Gasteiger partial charge in [-0.25, -0.2) is 8.42 Å². The number of hydrogen-bond acceptors (Lipinski definition) is 4. The van der Waals surface area contributed by atoms with E-state index in [0.29, 0.717) is 12.2 Å². The molecule has 0 saturated heterocycles. The molecule has 0 bridgehead atoms. The molecule has 1 aromatic rings. The fourth-order valence-corrected chi connectivity index (χ4v) is 4.28. The molecule has 0 amide bonds. The van der Waals surface area contributed by atoms with Crippen LogP contribution in [0.3, 0.4) is 0 Å². The molecule has 1 N–H and O–H groups in total. The van der Waals surface area contributed by atoms with Gasteiger partial charge in [0.1, 0.15) is 0 Å². The van der Waals surface area contributed by atoms with Gasteiger partial charge in [-0.05, 0) is 11.6 Å². The van der Waals surface area contributed by atoms with E-state index in [9.17, 15) is 13.2 Å². The number of nitrogens with zero attached hydrogens (tertiary/aromatic N) is 1. The Bertz CT molecular complexity index is 710. The standard InChI is InChI=1S/C14H15NO5S/c16-14(17)10-4-2-6-15(7-10)21(18,19)13-5-1-3-11-8-20-9-12(11)13/h1-5,10H,6-9H2,(H,16,17). The molecule has 0 aromatic heterocycles. The van der Waals surface area contributed by atoms with Crippen molar-refractivity contribution in [2.75, 3.05) is 13.1 Å². The molecule has 2 aliphatic heterocycles. The Morgan fingerprint density at radius 2 is 2.14 bits per heavy atom. The molecule has 2 heterocycles. The van der Waals surface area contributed by atoms with Crippen molar-refractivity contribution in [3.8, 4) is 0 Å². The third-order valence-electron chi connectivity index (χ3n) is 3.75. The molecule has 0 spiro atoms. The summed E-state index contributed by atoms with van der Waals surface area (Å²) in [5.41, 5.74) is 1.55. The minimum Gasteiger partial charge on any atom is -0.481 e. The number of carbonyl (C=O) groups is 1. The first-order chi connectivity index (χ1) is 10.00. The molecule has 21 heavy (non-hydrogen) atoms. The van der Waals surface area contributed by atoms with Gasteiger partial charge in [-0.1, -0.05) is 24.3 Å². The van der Waals surface area contributed by atoms with E-state index in [1.54, 1.807) is 18.2 Å². The summed E-state index contributed by atoms with van der Waals surface area (Å²) in [4.78, 5) is 11.3. The Balaban J connectivity index is 1.97. The highest BCUT2D eigenvalue weighted by Gasteiger charge is 2.33. The molecule has 0 saturated carbocycles. The number of carboxylic acids is 1. The summed E-state index contributed by atoms with van der Waals surface area (Å²) < 4.78 is 32.0. The smallest absolute Gasteiger partial charge is 0.311 e. The molecule has 0 aliphatic carbocycles. The monoisotopic (exact) mass is 309 g/mol. The van der Waals surface area contributed by atoms with E-state index in [2.05, 4.69) is 0 Å². The zero-order valence-corrected chi connectivity index (χ0v) is 12.0. The molecule has 3 rings (SSSR count). The fourth-order valence-electron chi connectivity index (χ4n) is 2.61. The van der Waals surface area contributed by atoms with Crippen LogP contribution in [0.5, 0.6) is 0 Å². The second-order valence-corrected chi connectivity index (χ2v) is 6.99. The van der Waals surface area contributed by atoms with Crippen molar-refractivity contribution in [3.05, 3.63) is 41.5 Å². The number of fused-ring (bicyclic) bond motifs is 1. The van der Waals surface area contributed by atoms with E-state index >= 15 is 0 Å². The Kier molecular flexibility index (Phi) is 3.56. The van der Waals surface area contributed by atoms with Crippen LogP contribution in [0.1, 0.15) is 11.1 Å². The Morgan fingerprint density at radius 1 is 1.33 bits per heavy atom. The number of sulfonamides is 1. The van der Waals surface area contributed by atoms with Crippen LogP contribution in [0, 0.1) is 5.92 Å². The second-order valence-electron chi connectivity index (χ2n) is 5.08. The van der Waals surface area contributed by atoms with Crippen LogP contribution in [-0.2, 0) is 32.8 Å². The number of aliphatic carboxylic acids is 1. The summed E-state index contributed by atoms with van der Waals surface area (Å²) in [7, 11) is -3.71. The van der Waals surface area contributed by atoms with Crippen LogP contribution in [0.15, 0.2) is 35.2 Å². The number of rotatable bonds is 3. The average molecular weight is 309 g/mol. The number of carboxylic acid groups (broad SMARTS) is 1. The van der Waals surface area contributed by atoms with E-state index in [1.807, 2.05) is 6.07 Å². The maximum absolute atomic E-state index is 12.8. The van der Waals surface area contributed by atoms with Gasteiger partial charge >= 0.3 is 5.97 Å². The van der Waals surface area contributed by atoms with Crippen molar-refractivity contribution in [1.82, 2.24) is 4.31 Å². The zero-order valence-electron chi connectivity index (χ0n) is 11.2. The molecule has 112 valence electrons. The second kappa shape index (κ2) is 5.25. The molecule has 1 aromatic carbocycles. The number of benzene rings is 1. The minimum absolute atomic E-state index is 0.0430. The third kappa shape index (κ3) is 2.48. The van der Waals surface area contributed by atoms with Gasteiger partial charge in [0.05, 0.1) is 24.0 Å². The molecular formula is C14H15NO5S. The lowest BCUT2D eigenvalue weighted by Gasteiger charge is -2.26. The van der Waals surface area contributed by atoms with Crippen LogP contribution in [0.4, 0.5) is 0 Å². The topological polar surface area (TPSA) is 83.9 Å². The predicted molar refractivity (Wildman–Crippen MR) is 74.0 cm³/mol. The normalized spacial score (nSPS) is 22.2. The fraction of sp³-hybridized carbons (Fsp3) is 0.357. The highest BCUT2D eigenvalue weighted by atomic mass is 32.2. The molecule has 6 nitrogen and oxygen atoms in total. The van der Waals surface area contributed by atoms with Gasteiger partial charge in [0.25, 0.3) is 0 Å². The summed E-state index contributed by atoms with van der Waals surface area (Å²) in [6.07, 6.45) is 3.12. The first kappa shape index (κ1) is 14.2. The lowest BCUT2D eigenvalue weighted by Crippen LogP contribution is -2.40. The summed E-state index contributed by atoms with van der Waals surface area (Å²) in [6.45, 7) is 0.836. The number of ether oxygens (including phenoxy) is 1. The molecule has 1 atom stereocenters. The van der Waals surface area contributed by atoms with Crippen molar-refractivity contribution < 1.29 is 23.1 Å². The van der Waals surface area contributed by atoms with Crippen LogP contribution in [0.25, 0.3) is 0 Å². The van der Waals surface area contributed by atoms with E-state index in [4.69, 9.17) is 9.84 Å². The maximum atomic E-state index is 12.8. The zero-order chi connectivity index (χ0) is 15.0. The highest BCUT2D eigenvalue weighted by Crippen LogP contribution is 2.29. The van der Waals surface area contributed by atoms with Crippen molar-refractivity contribution in [1.29, 1.82) is 0 Å². The lowest BCUT2D eigenvalue weighted by molar-refractivity contribution is -0.140. The van der Waals surface area contributed by atoms with E-state index < -0.39 is 21.9 Å². The Morgan fingerprint density at radius 3 is 2.90 bits per heavy atom. The summed E-state index contributed by atoms with van der Waals surface area (Å²) in [5.74, 6) is -1.82. The largest absolute Gasteiger partial charge is 0.481 e. The minimum atomic E-state index is -3.71. The van der Waals surface area contributed by atoms with Crippen molar-refractivity contribution in [2.45, 2.75) is 18.1 Å². The molecule has 2 aliphatic rings. The first-order valence-electron chi connectivity index (χ1n) is 6.58. The maximum Gasteiger partial charge on any atom is 0.311 e. The van der Waals surface area contributed by atoms with Crippen LogP contribution in [0.2, 0.25) is 0 Å². The Hall–Kier alpha value is -1.70. The molecule has 0 fully saturated rings. The van der Waals surface area contributed by atoms with Crippen molar-refractivity contribution in [2.24, 2.45) is 5.92 Å². The third-order valence-corrected chi connectivity index (χ3v) is 5.66. The number of hydrogen-bond donors (Lipinski definition) is 1. The summed E-state index contributed by atoms with van der Waals surface area (Å²) >= 11 is 0. The highest BCUT2D eigenvalue weighted by molar-refractivity contribution is 7.89. The van der Waals surface area contributed by atoms with Crippen LogP contribution in [-0.4, -0.2) is 36.9 Å². The van der Waals surface area contributed by atoms with E-state index in [1.165, 1.54) is 10.4 Å². The van der Waals surface area contributed by atoms with Gasteiger partial charge in [0, 0.05) is 18.7 Å². The predicted octanol–water partition coefficient (Wildman–Crippen LogP) is 0.978. The van der Waals surface area contributed by atoms with Crippen molar-refractivity contribution >= 4 is 16.0 Å². The summed E-state index contributed by atoms with van der Waals surface area (Å²) in [6, 6.07) is 5.09. The van der Waals surface area contributed by atoms with E-state index in [-0.39, 0.29) is 24.6 Å². The van der Waals surface area contributed by atoms with Gasteiger partial charge in [0.15, 0.2) is 0 Å². The quantitative estimate of drug-likeness (QED) is 0.841. The molecule has 0 radical (unpaired) electrons. The Labute approximate surface area is 122 Å². The average Bonchev–Trinajstić information content (AvgIpc) is 2.95. The van der Waals surface area contributed by atoms with Gasteiger partial charge in [0.2, 0.25) is 10.0 Å². The van der Waals surface area contributed by atoms with Gasteiger partial charge in [-0.2, -0.15) is 4.31 Å². The lowest BCUT2D eigenvalue weighted by atomic mass is 10.1. The molecular weight excluding hydrogens is 294 g/mol. The van der Waals surface area contributed by atoms with Crippen LogP contribution >= 0.6 is 0 Å². The van der Waals surface area contributed by atoms with Gasteiger partial charge in [-0.3, -0.25) is 4.79 Å². The molecule has 7 heteroatoms. The van der Waals surface area contributed by atoms with E-state index in [0.717, 1.165) is 5.56 Å². The van der Waals surface area contributed by atoms with Gasteiger partial charge < -0.3 is 9.84 Å². The first-order valence-corrected chi connectivity index (χ1v) is 8.02. The van der Waals surface area contributed by atoms with Crippen molar-refractivity contribution in [3.63, 3.8) is 0 Å². The SMILES string of the molecule is O=C(O)C1C=CCN(S(=O)(=O)c2cccc3c2COC3)C1. The van der Waals surface area contributed by atoms with Gasteiger partial charge in [-0.15, -0.1) is 0 Å². The van der Waals surface area contributed by atoms with Crippen LogP contribution < -0.4 is 0 Å². The summed E-state index contributed by atoms with van der Waals surface area (Å²) in [5, 5.41) is 9.05. The molecule has 1 unspecified atom stereocenters.